The molecule has 1 saturated heterocycles. The molecule has 0 aromatic carbocycles. The van der Waals surface area contributed by atoms with Crippen LogP contribution in [0.15, 0.2) is 29.5 Å². The number of nitrogens with zero attached hydrogens (tertiary/aromatic N) is 5. The van der Waals surface area contributed by atoms with Crippen LogP contribution in [-0.4, -0.2) is 37.9 Å². The Hall–Kier alpha value is -1.90. The van der Waals surface area contributed by atoms with Crippen molar-refractivity contribution in [3.05, 3.63) is 45.7 Å². The first-order valence-electron chi connectivity index (χ1n) is 8.37. The number of hydrogen-bond donors (Lipinski definition) is 1. The molecule has 3 aromatic rings. The highest BCUT2D eigenvalue weighted by molar-refractivity contribution is 7.15. The molecule has 1 aliphatic rings. The zero-order chi connectivity index (χ0) is 17.1. The number of rotatable bonds is 5. The minimum absolute atomic E-state index is 0.379. The number of thiazole rings is 2. The third-order valence-electron chi connectivity index (χ3n) is 4.33. The second-order valence-electron chi connectivity index (χ2n) is 6.25. The van der Waals surface area contributed by atoms with Crippen LogP contribution in [0.4, 0.5) is 10.9 Å². The van der Waals surface area contributed by atoms with Crippen molar-refractivity contribution in [2.45, 2.75) is 32.2 Å². The molecule has 1 N–H and O–H groups in total. The lowest BCUT2D eigenvalue weighted by Crippen LogP contribution is -2.34. The maximum Gasteiger partial charge on any atom is 0.188 e. The first kappa shape index (κ1) is 16.6. The molecule has 0 unspecified atom stereocenters. The normalized spacial score (nSPS) is 18.4. The van der Waals surface area contributed by atoms with E-state index in [9.17, 15) is 0 Å². The standard InChI is InChI=1S/C17H20N6S2/c1-12-7-20-17(25-12)22-16-15(18-4-5-19-16)13-3-2-6-23(8-13)9-14-10-24-11-21-14/h4-5,7,10-11,13H,2-3,6,8-9H2,1H3,(H,19,20,22)/t13-/m0/s1. The van der Waals surface area contributed by atoms with Crippen LogP contribution in [0.2, 0.25) is 0 Å². The number of hydrogen-bond acceptors (Lipinski definition) is 8. The molecule has 130 valence electrons. The lowest BCUT2D eigenvalue weighted by molar-refractivity contribution is 0.197. The molecular weight excluding hydrogens is 352 g/mol. The van der Waals surface area contributed by atoms with Gasteiger partial charge in [0, 0.05) is 47.9 Å². The van der Waals surface area contributed by atoms with E-state index in [0.717, 1.165) is 48.4 Å². The van der Waals surface area contributed by atoms with Gasteiger partial charge in [0.05, 0.1) is 16.9 Å². The monoisotopic (exact) mass is 372 g/mol. The Labute approximate surface area is 155 Å². The van der Waals surface area contributed by atoms with Crippen LogP contribution in [0.3, 0.4) is 0 Å². The zero-order valence-corrected chi connectivity index (χ0v) is 15.7. The zero-order valence-electron chi connectivity index (χ0n) is 14.1. The molecule has 4 heterocycles. The Morgan fingerprint density at radius 2 is 2.16 bits per heavy atom. The molecule has 0 saturated carbocycles. The van der Waals surface area contributed by atoms with Crippen molar-refractivity contribution in [2.75, 3.05) is 18.4 Å². The van der Waals surface area contributed by atoms with Gasteiger partial charge in [-0.25, -0.2) is 15.0 Å². The van der Waals surface area contributed by atoms with Crippen LogP contribution in [0, 0.1) is 6.92 Å². The second-order valence-corrected chi connectivity index (χ2v) is 8.20. The van der Waals surface area contributed by atoms with E-state index in [4.69, 9.17) is 0 Å². The molecule has 0 bridgehead atoms. The van der Waals surface area contributed by atoms with Gasteiger partial charge in [-0.1, -0.05) is 0 Å². The number of piperidine rings is 1. The average Bonchev–Trinajstić information content (AvgIpc) is 3.27. The first-order chi connectivity index (χ1) is 12.3. The van der Waals surface area contributed by atoms with Crippen LogP contribution in [0.5, 0.6) is 0 Å². The Bertz CT molecular complexity index is 816. The molecule has 0 amide bonds. The summed E-state index contributed by atoms with van der Waals surface area (Å²) in [5, 5.41) is 6.35. The van der Waals surface area contributed by atoms with Gasteiger partial charge in [0.1, 0.15) is 0 Å². The number of aromatic nitrogens is 4. The molecule has 25 heavy (non-hydrogen) atoms. The fourth-order valence-corrected chi connectivity index (χ4v) is 4.44. The van der Waals surface area contributed by atoms with Gasteiger partial charge in [0.2, 0.25) is 0 Å². The van der Waals surface area contributed by atoms with Crippen LogP contribution in [0.1, 0.15) is 35.0 Å². The van der Waals surface area contributed by atoms with Crippen LogP contribution < -0.4 is 5.32 Å². The number of aryl methyl sites for hydroxylation is 1. The van der Waals surface area contributed by atoms with Gasteiger partial charge in [-0.15, -0.1) is 22.7 Å². The third-order valence-corrected chi connectivity index (χ3v) is 5.80. The highest BCUT2D eigenvalue weighted by Gasteiger charge is 2.25. The van der Waals surface area contributed by atoms with Crippen molar-refractivity contribution >= 4 is 33.6 Å². The highest BCUT2D eigenvalue weighted by atomic mass is 32.1. The molecule has 1 fully saturated rings. The van der Waals surface area contributed by atoms with Crippen LogP contribution in [0.25, 0.3) is 0 Å². The molecule has 1 atom stereocenters. The van der Waals surface area contributed by atoms with Gasteiger partial charge in [-0.05, 0) is 26.3 Å². The average molecular weight is 373 g/mol. The predicted molar refractivity (Wildman–Crippen MR) is 102 cm³/mol. The fraction of sp³-hybridized carbons (Fsp3) is 0.412. The van der Waals surface area contributed by atoms with Gasteiger partial charge < -0.3 is 5.32 Å². The second kappa shape index (κ2) is 7.55. The van der Waals surface area contributed by atoms with E-state index in [2.05, 4.69) is 42.5 Å². The van der Waals surface area contributed by atoms with Crippen molar-refractivity contribution in [3.8, 4) is 0 Å². The fourth-order valence-electron chi connectivity index (χ4n) is 3.22. The van der Waals surface area contributed by atoms with Gasteiger partial charge in [-0.3, -0.25) is 9.88 Å². The summed E-state index contributed by atoms with van der Waals surface area (Å²) in [6.07, 6.45) is 7.70. The summed E-state index contributed by atoms with van der Waals surface area (Å²) >= 11 is 3.29. The summed E-state index contributed by atoms with van der Waals surface area (Å²) < 4.78 is 0. The lowest BCUT2D eigenvalue weighted by Gasteiger charge is -2.32. The maximum atomic E-state index is 4.65. The minimum atomic E-state index is 0.379. The number of nitrogens with one attached hydrogen (secondary N) is 1. The van der Waals surface area contributed by atoms with Crippen LogP contribution in [-0.2, 0) is 6.54 Å². The summed E-state index contributed by atoms with van der Waals surface area (Å²) in [5.74, 6) is 1.21. The first-order valence-corrected chi connectivity index (χ1v) is 10.1. The van der Waals surface area contributed by atoms with Crippen molar-refractivity contribution < 1.29 is 0 Å². The van der Waals surface area contributed by atoms with E-state index in [0.29, 0.717) is 5.92 Å². The lowest BCUT2D eigenvalue weighted by atomic mass is 9.94. The summed E-state index contributed by atoms with van der Waals surface area (Å²) in [5.41, 5.74) is 4.09. The molecule has 3 aromatic heterocycles. The molecule has 0 radical (unpaired) electrons. The molecule has 8 heteroatoms. The number of likely N-dealkylation sites (tertiary alicyclic amines) is 1. The molecule has 1 aliphatic heterocycles. The maximum absolute atomic E-state index is 4.65. The van der Waals surface area contributed by atoms with E-state index in [1.165, 1.54) is 11.3 Å². The predicted octanol–water partition coefficient (Wildman–Crippen LogP) is 3.82. The van der Waals surface area contributed by atoms with Gasteiger partial charge >= 0.3 is 0 Å². The Kier molecular flexibility index (Phi) is 5.00. The quantitative estimate of drug-likeness (QED) is 0.734. The van der Waals surface area contributed by atoms with Crippen molar-refractivity contribution in [1.82, 2.24) is 24.8 Å². The van der Waals surface area contributed by atoms with Gasteiger partial charge in [0.25, 0.3) is 0 Å². The van der Waals surface area contributed by atoms with Crippen molar-refractivity contribution in [2.24, 2.45) is 0 Å². The molecule has 6 nitrogen and oxygen atoms in total. The summed E-state index contributed by atoms with van der Waals surface area (Å²) in [7, 11) is 0. The van der Waals surface area contributed by atoms with Crippen molar-refractivity contribution in [3.63, 3.8) is 0 Å². The smallest absolute Gasteiger partial charge is 0.188 e. The Morgan fingerprint density at radius 3 is 2.96 bits per heavy atom. The van der Waals surface area contributed by atoms with Crippen molar-refractivity contribution in [1.29, 1.82) is 0 Å². The largest absolute Gasteiger partial charge is 0.315 e. The number of anilines is 2. The minimum Gasteiger partial charge on any atom is -0.315 e. The molecular formula is C17H20N6S2. The van der Waals surface area contributed by atoms with E-state index in [1.807, 2.05) is 11.7 Å². The molecule has 0 spiro atoms. The molecule has 0 aliphatic carbocycles. The van der Waals surface area contributed by atoms with E-state index < -0.39 is 0 Å². The van der Waals surface area contributed by atoms with Crippen LogP contribution >= 0.6 is 22.7 Å². The SMILES string of the molecule is Cc1cnc(Nc2nccnc2[C@H]2CCCN(Cc3cscn3)C2)s1. The topological polar surface area (TPSA) is 66.8 Å². The van der Waals surface area contributed by atoms with E-state index in [-0.39, 0.29) is 0 Å². The van der Waals surface area contributed by atoms with E-state index >= 15 is 0 Å². The highest BCUT2D eigenvalue weighted by Crippen LogP contribution is 2.31. The summed E-state index contributed by atoms with van der Waals surface area (Å²) in [6.45, 7) is 5.07. The van der Waals surface area contributed by atoms with Gasteiger partial charge in [0.15, 0.2) is 10.9 Å². The molecule has 4 rings (SSSR count). The van der Waals surface area contributed by atoms with Gasteiger partial charge in [-0.2, -0.15) is 0 Å². The Morgan fingerprint density at radius 1 is 1.24 bits per heavy atom. The summed E-state index contributed by atoms with van der Waals surface area (Å²) in [6, 6.07) is 0. The third kappa shape index (κ3) is 4.02. The summed E-state index contributed by atoms with van der Waals surface area (Å²) in [4.78, 5) is 21.6. The Balaban J connectivity index is 1.50. The van der Waals surface area contributed by atoms with E-state index in [1.54, 1.807) is 35.1 Å².